The Morgan fingerprint density at radius 2 is 1.59 bits per heavy atom. The number of ether oxygens (including phenoxy) is 1. The lowest BCUT2D eigenvalue weighted by Gasteiger charge is -2.23. The van der Waals surface area contributed by atoms with Crippen LogP contribution in [0, 0.1) is 0 Å². The van der Waals surface area contributed by atoms with E-state index in [0.29, 0.717) is 26.4 Å². The Hall–Kier alpha value is -3.35. The van der Waals surface area contributed by atoms with Gasteiger partial charge in [0, 0.05) is 23.3 Å². The van der Waals surface area contributed by atoms with Gasteiger partial charge in [-0.25, -0.2) is 0 Å². The van der Waals surface area contributed by atoms with Crippen molar-refractivity contribution in [2.45, 2.75) is 19.7 Å². The third-order valence-corrected chi connectivity index (χ3v) is 6.16. The number of carbonyl (C=O) groups is 1. The molecule has 1 aliphatic rings. The Balaban J connectivity index is 1.60. The van der Waals surface area contributed by atoms with Crippen LogP contribution in [-0.2, 0) is 16.1 Å². The largest absolute Gasteiger partial charge is 0.448 e. The fraction of sp³-hybridized carbons (Fsp3) is 0.125. The summed E-state index contributed by atoms with van der Waals surface area (Å²) in [5.41, 5.74) is 2.09. The maximum Gasteiger partial charge on any atom is 0.243 e. The van der Waals surface area contributed by atoms with Crippen LogP contribution < -0.4 is 5.43 Å². The number of amides is 1. The number of hydrazone groups is 1. The van der Waals surface area contributed by atoms with Gasteiger partial charge in [0.25, 0.3) is 0 Å². The summed E-state index contributed by atoms with van der Waals surface area (Å²) in [6.45, 7) is 1.70. The van der Waals surface area contributed by atoms with Gasteiger partial charge in [-0.1, -0.05) is 47.5 Å². The van der Waals surface area contributed by atoms with Crippen LogP contribution in [0.15, 0.2) is 76.6 Å². The highest BCUT2D eigenvalue weighted by molar-refractivity contribution is 6.42. The molecule has 1 aromatic heterocycles. The van der Waals surface area contributed by atoms with E-state index in [9.17, 15) is 9.59 Å². The molecule has 0 N–H and O–H groups in total. The molecule has 6 nitrogen and oxygen atoms in total. The summed E-state index contributed by atoms with van der Waals surface area (Å²) in [6.07, 6.45) is -0.703. The molecule has 0 fully saturated rings. The molecule has 8 heteroatoms. The van der Waals surface area contributed by atoms with Crippen LogP contribution in [0.25, 0.3) is 21.8 Å². The Labute approximate surface area is 193 Å². The molecule has 0 radical (unpaired) electrons. The van der Waals surface area contributed by atoms with Crippen molar-refractivity contribution in [1.29, 1.82) is 0 Å². The molecule has 0 bridgehead atoms. The number of halogens is 2. The van der Waals surface area contributed by atoms with Gasteiger partial charge in [-0.05, 0) is 42.5 Å². The molecular formula is C24H17Cl2N3O3. The van der Waals surface area contributed by atoms with Crippen LogP contribution >= 0.6 is 23.2 Å². The van der Waals surface area contributed by atoms with E-state index < -0.39 is 6.23 Å². The summed E-state index contributed by atoms with van der Waals surface area (Å²) >= 11 is 12.2. The van der Waals surface area contributed by atoms with Crippen molar-refractivity contribution in [1.82, 2.24) is 9.58 Å². The van der Waals surface area contributed by atoms with E-state index in [0.717, 1.165) is 11.0 Å². The van der Waals surface area contributed by atoms with E-state index in [1.165, 1.54) is 11.9 Å². The van der Waals surface area contributed by atoms with Gasteiger partial charge in [0.05, 0.1) is 27.6 Å². The van der Waals surface area contributed by atoms with E-state index in [2.05, 4.69) is 5.10 Å². The number of hydrogen-bond donors (Lipinski definition) is 0. The molecule has 1 amide bonds. The lowest BCUT2D eigenvalue weighted by Crippen LogP contribution is -2.36. The highest BCUT2D eigenvalue weighted by Crippen LogP contribution is 2.27. The first-order valence-corrected chi connectivity index (χ1v) is 10.7. The predicted octanol–water partition coefficient (Wildman–Crippen LogP) is 5.03. The Morgan fingerprint density at radius 1 is 0.969 bits per heavy atom. The normalized spacial score (nSPS) is 15.8. The highest BCUT2D eigenvalue weighted by Gasteiger charge is 2.33. The summed E-state index contributed by atoms with van der Waals surface area (Å²) in [5, 5.41) is 7.68. The van der Waals surface area contributed by atoms with Gasteiger partial charge >= 0.3 is 0 Å². The highest BCUT2D eigenvalue weighted by atomic mass is 35.5. The maximum atomic E-state index is 13.0. The zero-order valence-electron chi connectivity index (χ0n) is 17.0. The quantitative estimate of drug-likeness (QED) is 0.398. The fourth-order valence-electron chi connectivity index (χ4n) is 3.94. The average Bonchev–Trinajstić information content (AvgIpc) is 3.23. The molecule has 32 heavy (non-hydrogen) atoms. The third kappa shape index (κ3) is 3.42. The molecule has 1 unspecified atom stereocenters. The van der Waals surface area contributed by atoms with Gasteiger partial charge in [0.15, 0.2) is 5.43 Å². The van der Waals surface area contributed by atoms with Gasteiger partial charge < -0.3 is 9.30 Å². The second kappa shape index (κ2) is 7.97. The standard InChI is InChI=1S/C24H17Cl2N3O3/c1-14(30)29-22(32-24(27-29)15-10-11-18(25)19(26)12-15)13-28-20-8-4-2-6-16(20)23(31)17-7-3-5-9-21(17)28/h2-12,22H,13H2,1H3. The summed E-state index contributed by atoms with van der Waals surface area (Å²) in [6, 6.07) is 19.8. The number of nitrogens with zero attached hydrogens (tertiary/aromatic N) is 3. The van der Waals surface area contributed by atoms with Gasteiger partial charge in [-0.3, -0.25) is 9.59 Å². The van der Waals surface area contributed by atoms with Crippen LogP contribution in [-0.4, -0.2) is 27.6 Å². The number of carbonyl (C=O) groups excluding carboxylic acids is 1. The first kappa shape index (κ1) is 20.5. The smallest absolute Gasteiger partial charge is 0.243 e. The maximum absolute atomic E-state index is 13.0. The van der Waals surface area contributed by atoms with E-state index in [4.69, 9.17) is 27.9 Å². The molecule has 3 aromatic carbocycles. The van der Waals surface area contributed by atoms with Crippen LogP contribution in [0.4, 0.5) is 0 Å². The second-order valence-electron chi connectivity index (χ2n) is 7.44. The number of hydrogen-bond acceptors (Lipinski definition) is 4. The van der Waals surface area contributed by atoms with Crippen LogP contribution in [0.5, 0.6) is 0 Å². The van der Waals surface area contributed by atoms with Crippen molar-refractivity contribution in [3.63, 3.8) is 0 Å². The molecule has 1 atom stereocenters. The van der Waals surface area contributed by atoms with E-state index in [1.54, 1.807) is 30.3 Å². The van der Waals surface area contributed by atoms with Crippen molar-refractivity contribution in [3.05, 3.63) is 92.6 Å². The lowest BCUT2D eigenvalue weighted by molar-refractivity contribution is -0.135. The molecule has 5 rings (SSSR count). The molecule has 0 saturated heterocycles. The summed E-state index contributed by atoms with van der Waals surface area (Å²) in [5.74, 6) is 0.0122. The molecule has 0 spiro atoms. The molecule has 2 heterocycles. The van der Waals surface area contributed by atoms with Crippen molar-refractivity contribution < 1.29 is 9.53 Å². The minimum Gasteiger partial charge on any atom is -0.448 e. The zero-order valence-corrected chi connectivity index (χ0v) is 18.5. The van der Waals surface area contributed by atoms with Crippen LogP contribution in [0.3, 0.4) is 0 Å². The van der Waals surface area contributed by atoms with E-state index in [-0.39, 0.29) is 23.8 Å². The molecule has 0 aliphatic carbocycles. The molecule has 1 aliphatic heterocycles. The second-order valence-corrected chi connectivity index (χ2v) is 8.26. The van der Waals surface area contributed by atoms with Gasteiger partial charge in [0.2, 0.25) is 18.0 Å². The zero-order chi connectivity index (χ0) is 22.4. The van der Waals surface area contributed by atoms with Gasteiger partial charge in [0.1, 0.15) is 0 Å². The van der Waals surface area contributed by atoms with Gasteiger partial charge in [-0.2, -0.15) is 5.01 Å². The van der Waals surface area contributed by atoms with Crippen molar-refractivity contribution in [3.8, 4) is 0 Å². The van der Waals surface area contributed by atoms with Crippen molar-refractivity contribution in [2.24, 2.45) is 5.10 Å². The number of benzene rings is 3. The van der Waals surface area contributed by atoms with Gasteiger partial charge in [-0.15, -0.1) is 5.10 Å². The first-order valence-electron chi connectivity index (χ1n) is 9.95. The topological polar surface area (TPSA) is 63.9 Å². The Morgan fingerprint density at radius 3 is 2.19 bits per heavy atom. The summed E-state index contributed by atoms with van der Waals surface area (Å²) < 4.78 is 8.09. The number of rotatable bonds is 3. The Bertz CT molecular complexity index is 1420. The number of para-hydroxylation sites is 2. The van der Waals surface area contributed by atoms with Crippen LogP contribution in [0.1, 0.15) is 12.5 Å². The number of aromatic nitrogens is 1. The minimum absolute atomic E-state index is 0.0315. The Kier molecular flexibility index (Phi) is 5.12. The van der Waals surface area contributed by atoms with E-state index >= 15 is 0 Å². The molecular weight excluding hydrogens is 449 g/mol. The third-order valence-electron chi connectivity index (χ3n) is 5.43. The summed E-state index contributed by atoms with van der Waals surface area (Å²) in [7, 11) is 0. The monoisotopic (exact) mass is 465 g/mol. The minimum atomic E-state index is -0.703. The van der Waals surface area contributed by atoms with Crippen molar-refractivity contribution >= 4 is 56.8 Å². The summed E-state index contributed by atoms with van der Waals surface area (Å²) in [4.78, 5) is 25.3. The number of pyridine rings is 1. The van der Waals surface area contributed by atoms with Crippen LogP contribution in [0.2, 0.25) is 10.0 Å². The molecule has 160 valence electrons. The predicted molar refractivity (Wildman–Crippen MR) is 126 cm³/mol. The lowest BCUT2D eigenvalue weighted by atomic mass is 10.1. The fourth-order valence-corrected chi connectivity index (χ4v) is 4.24. The number of fused-ring (bicyclic) bond motifs is 2. The van der Waals surface area contributed by atoms with Crippen molar-refractivity contribution in [2.75, 3.05) is 0 Å². The first-order chi connectivity index (χ1) is 15.4. The SMILES string of the molecule is CC(=O)N1N=C(c2ccc(Cl)c(Cl)c2)OC1Cn1c2ccccc2c(=O)c2ccccc21. The average molecular weight is 466 g/mol. The molecule has 0 saturated carbocycles. The molecule has 4 aromatic rings. The van der Waals surface area contributed by atoms with E-state index in [1.807, 2.05) is 41.0 Å².